The second-order valence-electron chi connectivity index (χ2n) is 7.02. The highest BCUT2D eigenvalue weighted by molar-refractivity contribution is 6.05. The van der Waals surface area contributed by atoms with Gasteiger partial charge in [-0.25, -0.2) is 4.98 Å². The Bertz CT molecular complexity index is 1290. The highest BCUT2D eigenvalue weighted by Gasteiger charge is 2.22. The number of nitrogen functional groups attached to an aromatic ring is 1. The lowest BCUT2D eigenvalue weighted by atomic mass is 9.99. The van der Waals surface area contributed by atoms with Gasteiger partial charge in [-0.3, -0.25) is 0 Å². The first-order valence-corrected chi connectivity index (χ1v) is 9.48. The van der Waals surface area contributed by atoms with Crippen LogP contribution in [0.2, 0.25) is 0 Å². The summed E-state index contributed by atoms with van der Waals surface area (Å²) in [4.78, 5) is 9.31. The van der Waals surface area contributed by atoms with Crippen molar-refractivity contribution in [1.82, 2.24) is 9.97 Å². The minimum Gasteiger partial charge on any atom is -0.437 e. The van der Waals surface area contributed by atoms with Crippen LogP contribution in [0.3, 0.4) is 0 Å². The average molecular weight is 377 g/mol. The number of benzene rings is 3. The summed E-state index contributed by atoms with van der Waals surface area (Å²) in [6.07, 6.45) is 0. The van der Waals surface area contributed by atoms with Gasteiger partial charge in [-0.15, -0.1) is 0 Å². The Labute approximate surface area is 168 Å². The van der Waals surface area contributed by atoms with Crippen molar-refractivity contribution < 1.29 is 4.42 Å². The van der Waals surface area contributed by atoms with Crippen molar-refractivity contribution in [3.8, 4) is 33.8 Å². The highest BCUT2D eigenvalue weighted by Crippen LogP contribution is 2.42. The van der Waals surface area contributed by atoms with Gasteiger partial charge in [0.25, 0.3) is 0 Å². The molecule has 4 heteroatoms. The Morgan fingerprint density at radius 3 is 1.97 bits per heavy atom. The van der Waals surface area contributed by atoms with E-state index in [1.807, 2.05) is 91.9 Å². The van der Waals surface area contributed by atoms with Crippen LogP contribution in [0.25, 0.3) is 44.9 Å². The maximum Gasteiger partial charge on any atom is 0.233 e. The largest absolute Gasteiger partial charge is 0.437 e. The summed E-state index contributed by atoms with van der Waals surface area (Å²) >= 11 is 0. The number of hydrogen-bond donors (Lipinski definition) is 1. The van der Waals surface area contributed by atoms with Crippen LogP contribution in [0.4, 0.5) is 5.82 Å². The van der Waals surface area contributed by atoms with Gasteiger partial charge in [-0.2, -0.15) is 4.98 Å². The van der Waals surface area contributed by atoms with Crippen molar-refractivity contribution in [1.29, 1.82) is 0 Å². The van der Waals surface area contributed by atoms with Crippen LogP contribution in [0.15, 0.2) is 89.3 Å². The van der Waals surface area contributed by atoms with Crippen LogP contribution in [0.5, 0.6) is 0 Å². The number of fused-ring (bicyclic) bond motifs is 1. The number of aryl methyl sites for hydroxylation is 1. The number of rotatable bonds is 3. The molecule has 0 saturated carbocycles. The van der Waals surface area contributed by atoms with Crippen LogP contribution < -0.4 is 5.73 Å². The molecule has 0 aliphatic rings. The van der Waals surface area contributed by atoms with Gasteiger partial charge in [0.05, 0.1) is 5.39 Å². The topological polar surface area (TPSA) is 64.9 Å². The minimum atomic E-state index is 0.412. The lowest BCUT2D eigenvalue weighted by Crippen LogP contribution is -1.97. The van der Waals surface area contributed by atoms with Crippen LogP contribution in [0.1, 0.15) is 5.56 Å². The molecule has 0 bridgehead atoms. The third-order valence-corrected chi connectivity index (χ3v) is 4.99. The summed E-state index contributed by atoms with van der Waals surface area (Å²) in [6, 6.07) is 28.1. The van der Waals surface area contributed by atoms with Gasteiger partial charge in [0.15, 0.2) is 5.82 Å². The molecule has 2 aromatic heterocycles. The number of hydrogen-bond acceptors (Lipinski definition) is 4. The zero-order valence-corrected chi connectivity index (χ0v) is 16.0. The van der Waals surface area contributed by atoms with Crippen LogP contribution >= 0.6 is 0 Å². The van der Waals surface area contributed by atoms with E-state index in [-0.39, 0.29) is 0 Å². The smallest absolute Gasteiger partial charge is 0.233 e. The summed E-state index contributed by atoms with van der Waals surface area (Å²) in [5, 5.41) is 0.742. The molecular formula is C25H19N3O. The van der Waals surface area contributed by atoms with Gasteiger partial charge >= 0.3 is 0 Å². The number of furan rings is 1. The SMILES string of the molecule is Cc1ccc(-c2nc(N)c3c(-c4ccccc4)c(-c4ccccc4)oc3n2)cc1. The molecule has 0 unspecified atom stereocenters. The monoisotopic (exact) mass is 377 g/mol. The fourth-order valence-electron chi connectivity index (χ4n) is 3.53. The summed E-state index contributed by atoms with van der Waals surface area (Å²) in [6.45, 7) is 2.05. The van der Waals surface area contributed by atoms with E-state index < -0.39 is 0 Å². The van der Waals surface area contributed by atoms with Crippen molar-refractivity contribution in [2.45, 2.75) is 6.92 Å². The van der Waals surface area contributed by atoms with Crippen LogP contribution in [-0.4, -0.2) is 9.97 Å². The van der Waals surface area contributed by atoms with E-state index in [0.29, 0.717) is 17.4 Å². The predicted molar refractivity (Wildman–Crippen MR) is 117 cm³/mol. The molecule has 29 heavy (non-hydrogen) atoms. The number of aromatic nitrogens is 2. The standard InChI is InChI=1S/C25H19N3O/c1-16-12-14-19(15-13-16)24-27-23(26)21-20(17-8-4-2-5-9-17)22(29-25(21)28-24)18-10-6-3-7-11-18/h2-15H,1H3,(H2,26,27,28). The number of nitrogens with zero attached hydrogens (tertiary/aromatic N) is 2. The summed E-state index contributed by atoms with van der Waals surface area (Å²) in [7, 11) is 0. The molecule has 0 aliphatic heterocycles. The molecule has 3 aromatic carbocycles. The van der Waals surface area contributed by atoms with Crippen molar-refractivity contribution in [2.24, 2.45) is 0 Å². The molecule has 0 aliphatic carbocycles. The fourth-order valence-corrected chi connectivity index (χ4v) is 3.53. The number of anilines is 1. The van der Waals surface area contributed by atoms with E-state index in [1.54, 1.807) is 0 Å². The molecule has 4 nitrogen and oxygen atoms in total. The van der Waals surface area contributed by atoms with E-state index in [9.17, 15) is 0 Å². The molecule has 0 amide bonds. The number of nitrogens with two attached hydrogens (primary N) is 1. The van der Waals surface area contributed by atoms with Crippen molar-refractivity contribution in [3.63, 3.8) is 0 Å². The third-order valence-electron chi connectivity index (χ3n) is 4.99. The van der Waals surface area contributed by atoms with Gasteiger partial charge in [0.2, 0.25) is 5.71 Å². The molecule has 0 atom stereocenters. The van der Waals surface area contributed by atoms with Gasteiger partial charge in [-0.1, -0.05) is 90.5 Å². The van der Waals surface area contributed by atoms with Crippen LogP contribution in [0, 0.1) is 6.92 Å². The van der Waals surface area contributed by atoms with E-state index >= 15 is 0 Å². The average Bonchev–Trinajstić information content (AvgIpc) is 3.16. The maximum absolute atomic E-state index is 6.44. The Hall–Kier alpha value is -3.92. The lowest BCUT2D eigenvalue weighted by Gasteiger charge is -2.05. The maximum atomic E-state index is 6.44. The molecule has 0 fully saturated rings. The molecule has 5 aromatic rings. The zero-order valence-electron chi connectivity index (χ0n) is 16.0. The van der Waals surface area contributed by atoms with E-state index in [0.717, 1.165) is 33.4 Å². The van der Waals surface area contributed by atoms with Gasteiger partial charge in [0, 0.05) is 16.7 Å². The molecular weight excluding hydrogens is 358 g/mol. The minimum absolute atomic E-state index is 0.412. The summed E-state index contributed by atoms with van der Waals surface area (Å²) in [5.74, 6) is 1.71. The molecule has 2 N–H and O–H groups in total. The van der Waals surface area contributed by atoms with Gasteiger partial charge in [-0.05, 0) is 12.5 Å². The quantitative estimate of drug-likeness (QED) is 0.412. The van der Waals surface area contributed by atoms with E-state index in [4.69, 9.17) is 15.1 Å². The Kier molecular flexibility index (Phi) is 4.10. The normalized spacial score (nSPS) is 11.1. The highest BCUT2D eigenvalue weighted by atomic mass is 16.3. The molecule has 0 spiro atoms. The Morgan fingerprint density at radius 1 is 0.690 bits per heavy atom. The summed E-state index contributed by atoms with van der Waals surface area (Å²) in [5.41, 5.74) is 11.9. The second kappa shape index (κ2) is 6.91. The first-order chi connectivity index (χ1) is 14.2. The first kappa shape index (κ1) is 17.2. The molecule has 140 valence electrons. The predicted octanol–water partition coefficient (Wildman–Crippen LogP) is 6.11. The van der Waals surface area contributed by atoms with E-state index in [2.05, 4.69) is 4.98 Å². The van der Waals surface area contributed by atoms with Gasteiger partial charge in [0.1, 0.15) is 11.6 Å². The van der Waals surface area contributed by atoms with Crippen molar-refractivity contribution in [3.05, 3.63) is 90.5 Å². The van der Waals surface area contributed by atoms with Crippen LogP contribution in [-0.2, 0) is 0 Å². The van der Waals surface area contributed by atoms with E-state index in [1.165, 1.54) is 5.56 Å². The fraction of sp³-hybridized carbons (Fsp3) is 0.0400. The van der Waals surface area contributed by atoms with Crippen molar-refractivity contribution in [2.75, 3.05) is 5.73 Å². The summed E-state index contributed by atoms with van der Waals surface area (Å²) < 4.78 is 6.28. The molecule has 0 saturated heterocycles. The Balaban J connectivity index is 1.80. The first-order valence-electron chi connectivity index (χ1n) is 9.48. The molecule has 0 radical (unpaired) electrons. The second-order valence-corrected chi connectivity index (χ2v) is 7.02. The molecule has 5 rings (SSSR count). The van der Waals surface area contributed by atoms with Gasteiger partial charge < -0.3 is 10.2 Å². The lowest BCUT2D eigenvalue weighted by molar-refractivity contribution is 0.619. The third kappa shape index (κ3) is 3.05. The Morgan fingerprint density at radius 2 is 1.31 bits per heavy atom. The zero-order chi connectivity index (χ0) is 19.8. The van der Waals surface area contributed by atoms with Crippen molar-refractivity contribution >= 4 is 16.9 Å². The molecule has 2 heterocycles.